The first-order valence-electron chi connectivity index (χ1n) is 9.58. The number of primary amides is 1. The van der Waals surface area contributed by atoms with Crippen molar-refractivity contribution in [2.24, 2.45) is 11.7 Å². The van der Waals surface area contributed by atoms with Crippen molar-refractivity contribution < 1.29 is 19.2 Å². The standard InChI is InChI=1S/C19H28N4O5S/c1-28-17-6-5-14(10-16(17)23(26)27)12-29-13-18(24)21-7-3-9-22-8-2-4-15(11-22)19(20)25/h5-6,10,15H,2-4,7-9,11-13H2,1H3,(H2,20,25)(H,21,24). The minimum atomic E-state index is -0.478. The maximum Gasteiger partial charge on any atom is 0.311 e. The van der Waals surface area contributed by atoms with E-state index in [1.807, 2.05) is 0 Å². The van der Waals surface area contributed by atoms with Crippen LogP contribution in [0.5, 0.6) is 5.75 Å². The second-order valence-corrected chi connectivity index (χ2v) is 7.99. The Morgan fingerprint density at radius 1 is 1.45 bits per heavy atom. The topological polar surface area (TPSA) is 128 Å². The van der Waals surface area contributed by atoms with Gasteiger partial charge in [0.25, 0.3) is 0 Å². The van der Waals surface area contributed by atoms with Gasteiger partial charge in [-0.15, -0.1) is 11.8 Å². The zero-order valence-corrected chi connectivity index (χ0v) is 17.4. The summed E-state index contributed by atoms with van der Waals surface area (Å²) in [5.41, 5.74) is 6.08. The fraction of sp³-hybridized carbons (Fsp3) is 0.579. The molecule has 0 aromatic heterocycles. The fourth-order valence-corrected chi connectivity index (χ4v) is 4.11. The molecule has 0 bridgehead atoms. The summed E-state index contributed by atoms with van der Waals surface area (Å²) >= 11 is 1.40. The highest BCUT2D eigenvalue weighted by Crippen LogP contribution is 2.28. The van der Waals surface area contributed by atoms with Crippen LogP contribution >= 0.6 is 11.8 Å². The third-order valence-electron chi connectivity index (χ3n) is 4.82. The third-order valence-corrected chi connectivity index (χ3v) is 5.83. The number of nitro groups is 1. The second-order valence-electron chi connectivity index (χ2n) is 7.00. The summed E-state index contributed by atoms with van der Waals surface area (Å²) in [6.45, 7) is 3.06. The number of thioether (sulfide) groups is 1. The predicted molar refractivity (Wildman–Crippen MR) is 112 cm³/mol. The lowest BCUT2D eigenvalue weighted by atomic mass is 9.97. The molecule has 1 aromatic rings. The third kappa shape index (κ3) is 7.54. The molecule has 10 heteroatoms. The number of benzene rings is 1. The molecule has 1 unspecified atom stereocenters. The van der Waals surface area contributed by atoms with Gasteiger partial charge in [0.2, 0.25) is 11.8 Å². The molecule has 0 saturated carbocycles. The lowest BCUT2D eigenvalue weighted by molar-refractivity contribution is -0.385. The van der Waals surface area contributed by atoms with Crippen LogP contribution in [0.25, 0.3) is 0 Å². The van der Waals surface area contributed by atoms with Crippen LogP contribution < -0.4 is 15.8 Å². The largest absolute Gasteiger partial charge is 0.490 e. The van der Waals surface area contributed by atoms with E-state index >= 15 is 0 Å². The molecular formula is C19H28N4O5S. The van der Waals surface area contributed by atoms with Crippen LogP contribution in [0.2, 0.25) is 0 Å². The molecular weight excluding hydrogens is 396 g/mol. The van der Waals surface area contributed by atoms with Gasteiger partial charge in [0.15, 0.2) is 5.75 Å². The zero-order chi connectivity index (χ0) is 21.2. The summed E-state index contributed by atoms with van der Waals surface area (Å²) in [6.07, 6.45) is 2.64. The number of nitrogens with two attached hydrogens (primary N) is 1. The molecule has 2 rings (SSSR count). The molecule has 0 aliphatic carbocycles. The molecule has 1 aliphatic rings. The smallest absolute Gasteiger partial charge is 0.311 e. The number of methoxy groups -OCH3 is 1. The number of nitro benzene ring substituents is 1. The van der Waals surface area contributed by atoms with Gasteiger partial charge in [-0.2, -0.15) is 0 Å². The van der Waals surface area contributed by atoms with E-state index in [-0.39, 0.29) is 34.9 Å². The molecule has 29 heavy (non-hydrogen) atoms. The van der Waals surface area contributed by atoms with E-state index in [0.29, 0.717) is 18.8 Å². The van der Waals surface area contributed by atoms with E-state index in [0.717, 1.165) is 37.9 Å². The summed E-state index contributed by atoms with van der Waals surface area (Å²) in [4.78, 5) is 36.1. The molecule has 2 amide bonds. The van der Waals surface area contributed by atoms with Gasteiger partial charge in [-0.25, -0.2) is 0 Å². The number of ether oxygens (including phenoxy) is 1. The average Bonchev–Trinajstić information content (AvgIpc) is 2.71. The maximum atomic E-state index is 12.0. The van der Waals surface area contributed by atoms with Crippen LogP contribution in [0.1, 0.15) is 24.8 Å². The highest BCUT2D eigenvalue weighted by Gasteiger charge is 2.23. The van der Waals surface area contributed by atoms with Gasteiger partial charge in [-0.3, -0.25) is 19.7 Å². The number of nitrogens with zero attached hydrogens (tertiary/aromatic N) is 2. The van der Waals surface area contributed by atoms with E-state index in [4.69, 9.17) is 10.5 Å². The Morgan fingerprint density at radius 2 is 2.24 bits per heavy atom. The lowest BCUT2D eigenvalue weighted by Gasteiger charge is -2.31. The van der Waals surface area contributed by atoms with Crippen LogP contribution in [0.15, 0.2) is 18.2 Å². The molecule has 0 spiro atoms. The van der Waals surface area contributed by atoms with Crippen molar-refractivity contribution in [1.82, 2.24) is 10.2 Å². The number of piperidine rings is 1. The minimum Gasteiger partial charge on any atom is -0.490 e. The summed E-state index contributed by atoms with van der Waals surface area (Å²) in [5.74, 6) is 0.642. The first-order chi connectivity index (χ1) is 13.9. The van der Waals surface area contributed by atoms with Gasteiger partial charge in [0.1, 0.15) is 0 Å². The monoisotopic (exact) mass is 424 g/mol. The van der Waals surface area contributed by atoms with Gasteiger partial charge in [0, 0.05) is 24.9 Å². The summed E-state index contributed by atoms with van der Waals surface area (Å²) < 4.78 is 4.98. The summed E-state index contributed by atoms with van der Waals surface area (Å²) in [6, 6.07) is 4.80. The molecule has 3 N–H and O–H groups in total. The Kier molecular flexibility index (Phi) is 9.20. The summed E-state index contributed by atoms with van der Waals surface area (Å²) in [5, 5.41) is 13.9. The first kappa shape index (κ1) is 23.0. The molecule has 0 radical (unpaired) electrons. The second kappa shape index (κ2) is 11.6. The highest BCUT2D eigenvalue weighted by molar-refractivity contribution is 7.99. The van der Waals surface area contributed by atoms with Crippen molar-refractivity contribution in [3.05, 3.63) is 33.9 Å². The van der Waals surface area contributed by atoms with Crippen LogP contribution in [0, 0.1) is 16.0 Å². The van der Waals surface area contributed by atoms with Crippen molar-refractivity contribution in [3.8, 4) is 5.75 Å². The van der Waals surface area contributed by atoms with E-state index < -0.39 is 4.92 Å². The number of likely N-dealkylation sites (tertiary alicyclic amines) is 1. The Balaban J connectivity index is 1.63. The number of rotatable bonds is 11. The SMILES string of the molecule is COc1ccc(CSCC(=O)NCCCN2CCCC(C(N)=O)C2)cc1[N+](=O)[O-]. The number of carbonyl (C=O) groups excluding carboxylic acids is 2. The normalized spacial score (nSPS) is 16.9. The summed E-state index contributed by atoms with van der Waals surface area (Å²) in [7, 11) is 1.39. The van der Waals surface area contributed by atoms with Gasteiger partial charge < -0.3 is 20.7 Å². The van der Waals surface area contributed by atoms with Crippen molar-refractivity contribution in [1.29, 1.82) is 0 Å². The van der Waals surface area contributed by atoms with E-state index in [1.165, 1.54) is 24.9 Å². The molecule has 1 heterocycles. The van der Waals surface area contributed by atoms with Crippen molar-refractivity contribution in [3.63, 3.8) is 0 Å². The Morgan fingerprint density at radius 3 is 2.93 bits per heavy atom. The molecule has 1 fully saturated rings. The van der Waals surface area contributed by atoms with Gasteiger partial charge in [-0.05, 0) is 44.0 Å². The predicted octanol–water partition coefficient (Wildman–Crippen LogP) is 1.54. The molecule has 1 aliphatic heterocycles. The van der Waals surface area contributed by atoms with Gasteiger partial charge in [0.05, 0.1) is 23.7 Å². The van der Waals surface area contributed by atoms with E-state index in [1.54, 1.807) is 12.1 Å². The first-order valence-corrected chi connectivity index (χ1v) is 10.7. The van der Waals surface area contributed by atoms with Crippen LogP contribution in [0.4, 0.5) is 5.69 Å². The molecule has 160 valence electrons. The molecule has 9 nitrogen and oxygen atoms in total. The lowest BCUT2D eigenvalue weighted by Crippen LogP contribution is -2.42. The minimum absolute atomic E-state index is 0.0633. The molecule has 1 aromatic carbocycles. The van der Waals surface area contributed by atoms with Gasteiger partial charge in [-0.1, -0.05) is 6.07 Å². The molecule has 1 atom stereocenters. The molecule has 1 saturated heterocycles. The Labute approximate surface area is 174 Å². The van der Waals surface area contributed by atoms with Crippen molar-refractivity contribution >= 4 is 29.3 Å². The van der Waals surface area contributed by atoms with Crippen molar-refractivity contribution in [2.75, 3.05) is 39.0 Å². The number of hydrogen-bond donors (Lipinski definition) is 2. The highest BCUT2D eigenvalue weighted by atomic mass is 32.2. The number of carbonyl (C=O) groups is 2. The van der Waals surface area contributed by atoms with Gasteiger partial charge >= 0.3 is 5.69 Å². The average molecular weight is 425 g/mol. The van der Waals surface area contributed by atoms with Crippen LogP contribution in [0.3, 0.4) is 0 Å². The van der Waals surface area contributed by atoms with Crippen LogP contribution in [-0.2, 0) is 15.3 Å². The van der Waals surface area contributed by atoms with Crippen LogP contribution in [-0.4, -0.2) is 60.7 Å². The fourth-order valence-electron chi connectivity index (χ4n) is 3.30. The quantitative estimate of drug-likeness (QED) is 0.313. The van der Waals surface area contributed by atoms with Crippen molar-refractivity contribution in [2.45, 2.75) is 25.0 Å². The van der Waals surface area contributed by atoms with E-state index in [2.05, 4.69) is 10.2 Å². The maximum absolute atomic E-state index is 12.0. The number of amides is 2. The Hall–Kier alpha value is -2.33. The van der Waals surface area contributed by atoms with E-state index in [9.17, 15) is 19.7 Å². The zero-order valence-electron chi connectivity index (χ0n) is 16.6. The number of hydrogen-bond acceptors (Lipinski definition) is 7. The Bertz CT molecular complexity index is 731. The number of nitrogens with one attached hydrogen (secondary N) is 1.